The van der Waals surface area contributed by atoms with Crippen LogP contribution in [-0.2, 0) is 0 Å². The lowest BCUT2D eigenvalue weighted by atomic mass is 10.1. The highest BCUT2D eigenvalue weighted by molar-refractivity contribution is 9.10. The fraction of sp³-hybridized carbons (Fsp3) is 0.167. The molecule has 0 radical (unpaired) electrons. The van der Waals surface area contributed by atoms with Crippen molar-refractivity contribution in [2.45, 2.75) is 13.8 Å². The second-order valence-corrected chi connectivity index (χ2v) is 5.38. The van der Waals surface area contributed by atoms with Crippen LogP contribution >= 0.6 is 27.5 Å². The number of benzene rings is 1. The van der Waals surface area contributed by atoms with Crippen LogP contribution in [-0.4, -0.2) is 9.55 Å². The zero-order chi connectivity index (χ0) is 14.3. The van der Waals surface area contributed by atoms with Crippen LogP contribution in [0.1, 0.15) is 11.1 Å². The van der Waals surface area contributed by atoms with E-state index in [-0.39, 0.29) is 0 Å². The van der Waals surface area contributed by atoms with Crippen LogP contribution in [0, 0.1) is 19.7 Å². The number of aryl methyl sites for hydroxylation is 2. The first-order valence-corrected chi connectivity index (χ1v) is 6.47. The molecule has 1 N–H and O–H groups in total. The normalized spacial score (nSPS) is 10.8. The van der Waals surface area contributed by atoms with E-state index < -0.39 is 22.2 Å². The number of nitrogens with zero attached hydrogens (tertiary/aromatic N) is 1. The summed E-state index contributed by atoms with van der Waals surface area (Å²) in [5.74, 6) is -1.18. The molecular formula is C12H9BrClFN2O2. The summed E-state index contributed by atoms with van der Waals surface area (Å²) < 4.78 is 15.1. The molecule has 4 nitrogen and oxygen atoms in total. The van der Waals surface area contributed by atoms with Gasteiger partial charge >= 0.3 is 5.69 Å². The van der Waals surface area contributed by atoms with Gasteiger partial charge in [-0.1, -0.05) is 27.5 Å². The van der Waals surface area contributed by atoms with E-state index in [0.717, 1.165) is 9.04 Å². The maximum absolute atomic E-state index is 13.6. The first kappa shape index (κ1) is 14.0. The highest BCUT2D eigenvalue weighted by atomic mass is 79.9. The summed E-state index contributed by atoms with van der Waals surface area (Å²) in [4.78, 5) is 25.8. The van der Waals surface area contributed by atoms with Crippen molar-refractivity contribution in [3.05, 3.63) is 59.5 Å². The lowest BCUT2D eigenvalue weighted by Crippen LogP contribution is -2.36. The van der Waals surface area contributed by atoms with Crippen molar-refractivity contribution in [1.82, 2.24) is 9.55 Å². The van der Waals surface area contributed by atoms with Crippen LogP contribution in [0.5, 0.6) is 0 Å². The van der Waals surface area contributed by atoms with Gasteiger partial charge in [0, 0.05) is 4.47 Å². The Morgan fingerprint density at radius 1 is 1.26 bits per heavy atom. The van der Waals surface area contributed by atoms with Crippen LogP contribution in [0.3, 0.4) is 0 Å². The lowest BCUT2D eigenvalue weighted by molar-refractivity contribution is 0.584. The number of H-pyrrole nitrogens is 1. The third-order valence-corrected chi connectivity index (χ3v) is 3.40. The van der Waals surface area contributed by atoms with Gasteiger partial charge in [0.2, 0.25) is 5.82 Å². The summed E-state index contributed by atoms with van der Waals surface area (Å²) in [6, 6.07) is 3.47. The molecule has 1 heterocycles. The second kappa shape index (κ2) is 4.94. The number of aromatic amines is 1. The van der Waals surface area contributed by atoms with Crippen molar-refractivity contribution in [2.75, 3.05) is 0 Å². The first-order chi connectivity index (χ1) is 8.82. The van der Waals surface area contributed by atoms with Crippen molar-refractivity contribution >= 4 is 27.5 Å². The van der Waals surface area contributed by atoms with Gasteiger partial charge in [-0.3, -0.25) is 9.78 Å². The highest BCUT2D eigenvalue weighted by Gasteiger charge is 2.17. The minimum Gasteiger partial charge on any atom is -0.295 e. The minimum absolute atomic E-state index is 0.352. The Kier molecular flexibility index (Phi) is 3.64. The van der Waals surface area contributed by atoms with Gasteiger partial charge < -0.3 is 0 Å². The summed E-state index contributed by atoms with van der Waals surface area (Å²) in [6.45, 7) is 3.46. The molecule has 7 heteroatoms. The van der Waals surface area contributed by atoms with Crippen molar-refractivity contribution in [2.24, 2.45) is 0 Å². The SMILES string of the molecule is Cc1cc(Br)cc(C)c1-n1c(=O)[nH]c(Cl)c(F)c1=O. The van der Waals surface area contributed by atoms with Gasteiger partial charge in [-0.25, -0.2) is 9.36 Å². The van der Waals surface area contributed by atoms with Crippen molar-refractivity contribution in [1.29, 1.82) is 0 Å². The summed E-state index contributed by atoms with van der Waals surface area (Å²) >= 11 is 8.75. The predicted octanol–water partition coefficient (Wildman–Crippen LogP) is 2.70. The average Bonchev–Trinajstić information content (AvgIpc) is 2.29. The van der Waals surface area contributed by atoms with Crippen LogP contribution in [0.4, 0.5) is 4.39 Å². The molecule has 0 saturated carbocycles. The Bertz CT molecular complexity index is 759. The van der Waals surface area contributed by atoms with Gasteiger partial charge in [0.25, 0.3) is 5.56 Å². The third-order valence-electron chi connectivity index (χ3n) is 2.68. The molecule has 0 aliphatic carbocycles. The molecule has 0 fully saturated rings. The Morgan fingerprint density at radius 3 is 2.32 bits per heavy atom. The molecule has 1 aromatic heterocycles. The molecular weight excluding hydrogens is 338 g/mol. The largest absolute Gasteiger partial charge is 0.334 e. The Labute approximate surface area is 121 Å². The number of hydrogen-bond donors (Lipinski definition) is 1. The van der Waals surface area contributed by atoms with E-state index in [1.807, 2.05) is 0 Å². The van der Waals surface area contributed by atoms with Gasteiger partial charge in [0.1, 0.15) is 0 Å². The molecule has 0 saturated heterocycles. The second-order valence-electron chi connectivity index (χ2n) is 4.09. The quantitative estimate of drug-likeness (QED) is 0.807. The van der Waals surface area contributed by atoms with Gasteiger partial charge in [-0.2, -0.15) is 4.39 Å². The fourth-order valence-electron chi connectivity index (χ4n) is 1.95. The van der Waals surface area contributed by atoms with E-state index >= 15 is 0 Å². The molecule has 2 rings (SSSR count). The van der Waals surface area contributed by atoms with Gasteiger partial charge in [0.15, 0.2) is 5.15 Å². The molecule has 0 atom stereocenters. The third kappa shape index (κ3) is 2.37. The number of rotatable bonds is 1. The highest BCUT2D eigenvalue weighted by Crippen LogP contribution is 2.22. The Morgan fingerprint density at radius 2 is 1.79 bits per heavy atom. The molecule has 2 aromatic rings. The van der Waals surface area contributed by atoms with E-state index in [2.05, 4.69) is 20.9 Å². The first-order valence-electron chi connectivity index (χ1n) is 5.30. The Hall–Kier alpha value is -1.40. The van der Waals surface area contributed by atoms with E-state index in [9.17, 15) is 14.0 Å². The zero-order valence-corrected chi connectivity index (χ0v) is 12.4. The Balaban J connectivity index is 2.93. The van der Waals surface area contributed by atoms with Crippen LogP contribution in [0.15, 0.2) is 26.2 Å². The lowest BCUT2D eigenvalue weighted by Gasteiger charge is -2.12. The number of aromatic nitrogens is 2. The topological polar surface area (TPSA) is 54.9 Å². The van der Waals surface area contributed by atoms with E-state index in [1.165, 1.54) is 0 Å². The maximum atomic E-state index is 13.6. The standard InChI is InChI=1S/C12H9BrClFN2O2/c1-5-3-7(13)4-6(2)9(5)17-11(18)8(15)10(14)16-12(17)19/h3-4H,1-2H3,(H,16,19). The minimum atomic E-state index is -1.18. The average molecular weight is 348 g/mol. The van der Waals surface area contributed by atoms with E-state index in [4.69, 9.17) is 11.6 Å². The van der Waals surface area contributed by atoms with Gasteiger partial charge in [0.05, 0.1) is 5.69 Å². The van der Waals surface area contributed by atoms with Crippen LogP contribution in [0.25, 0.3) is 5.69 Å². The molecule has 0 unspecified atom stereocenters. The molecule has 0 bridgehead atoms. The monoisotopic (exact) mass is 346 g/mol. The van der Waals surface area contributed by atoms with Crippen molar-refractivity contribution in [3.63, 3.8) is 0 Å². The molecule has 1 aromatic carbocycles. The summed E-state index contributed by atoms with van der Waals surface area (Å²) in [5, 5.41) is -0.585. The van der Waals surface area contributed by atoms with Crippen molar-refractivity contribution in [3.8, 4) is 5.69 Å². The van der Waals surface area contributed by atoms with E-state index in [0.29, 0.717) is 16.8 Å². The number of halogens is 3. The summed E-state index contributed by atoms with van der Waals surface area (Å²) in [5.41, 5.74) is -0.153. The summed E-state index contributed by atoms with van der Waals surface area (Å²) in [7, 11) is 0. The van der Waals surface area contributed by atoms with Gasteiger partial charge in [-0.15, -0.1) is 0 Å². The smallest absolute Gasteiger partial charge is 0.295 e. The molecule has 100 valence electrons. The van der Waals surface area contributed by atoms with Crippen molar-refractivity contribution < 1.29 is 4.39 Å². The van der Waals surface area contributed by atoms with E-state index in [1.54, 1.807) is 26.0 Å². The van der Waals surface area contributed by atoms with Crippen LogP contribution in [0.2, 0.25) is 5.15 Å². The predicted molar refractivity (Wildman–Crippen MR) is 74.8 cm³/mol. The molecule has 0 amide bonds. The summed E-state index contributed by atoms with van der Waals surface area (Å²) in [6.07, 6.45) is 0. The maximum Gasteiger partial charge on any atom is 0.334 e. The molecule has 0 aliphatic rings. The zero-order valence-electron chi connectivity index (χ0n) is 10.1. The van der Waals surface area contributed by atoms with Crippen LogP contribution < -0.4 is 11.2 Å². The fourth-order valence-corrected chi connectivity index (χ4v) is 2.80. The molecule has 19 heavy (non-hydrogen) atoms. The van der Waals surface area contributed by atoms with Gasteiger partial charge in [-0.05, 0) is 37.1 Å². The number of nitrogens with one attached hydrogen (secondary N) is 1. The molecule has 0 spiro atoms. The molecule has 0 aliphatic heterocycles. The number of hydrogen-bond acceptors (Lipinski definition) is 2.